The fourth-order valence-electron chi connectivity index (χ4n) is 2.57. The predicted molar refractivity (Wildman–Crippen MR) is 107 cm³/mol. The molecule has 2 N–H and O–H groups in total. The van der Waals surface area contributed by atoms with Gasteiger partial charge in [0.15, 0.2) is 5.96 Å². The smallest absolute Gasteiger partial charge is 0.243 e. The lowest BCUT2D eigenvalue weighted by Gasteiger charge is -2.20. The van der Waals surface area contributed by atoms with Crippen LogP contribution in [0.15, 0.2) is 46.4 Å². The third-order valence-corrected chi connectivity index (χ3v) is 4.53. The number of rotatable bonds is 6. The van der Waals surface area contributed by atoms with E-state index in [1.165, 1.54) is 5.69 Å². The summed E-state index contributed by atoms with van der Waals surface area (Å²) in [6.45, 7) is 6.34. The van der Waals surface area contributed by atoms with Crippen LogP contribution >= 0.6 is 15.9 Å². The topological polar surface area (TPSA) is 60.0 Å². The molecule has 0 aliphatic carbocycles. The average molecular weight is 408 g/mol. The minimum atomic E-state index is -0.0254. The highest BCUT2D eigenvalue weighted by atomic mass is 79.9. The Morgan fingerprint density at radius 3 is 2.80 bits per heavy atom. The molecule has 0 aromatic heterocycles. The quantitative estimate of drug-likeness (QED) is 0.429. The van der Waals surface area contributed by atoms with Crippen molar-refractivity contribution in [3.63, 3.8) is 0 Å². The molecule has 25 heavy (non-hydrogen) atoms. The first kappa shape index (κ1) is 19.3. The van der Waals surface area contributed by atoms with Crippen molar-refractivity contribution < 1.29 is 4.79 Å². The van der Waals surface area contributed by atoms with Crippen LogP contribution in [0.25, 0.3) is 0 Å². The third-order valence-electron chi connectivity index (χ3n) is 4.01. The monoisotopic (exact) mass is 407 g/mol. The molecule has 1 heterocycles. The molecule has 1 aromatic rings. The number of nitrogens with one attached hydrogen (secondary N) is 2. The van der Waals surface area contributed by atoms with E-state index in [0.717, 1.165) is 24.0 Å². The van der Waals surface area contributed by atoms with Crippen LogP contribution in [-0.2, 0) is 4.79 Å². The maximum atomic E-state index is 11.8. The Hall–Kier alpha value is -2.02. The van der Waals surface area contributed by atoms with Gasteiger partial charge < -0.3 is 20.4 Å². The zero-order valence-corrected chi connectivity index (χ0v) is 16.4. The SMILES string of the molecule is C=CCNC(=NCC(=O)N(C)C)NC1CCN(c2ccc(Br)cc2)C1. The molecule has 2 rings (SSSR count). The Morgan fingerprint density at radius 2 is 2.16 bits per heavy atom. The molecule has 1 atom stereocenters. The summed E-state index contributed by atoms with van der Waals surface area (Å²) in [6, 6.07) is 8.64. The van der Waals surface area contributed by atoms with Gasteiger partial charge in [0.25, 0.3) is 0 Å². The number of guanidine groups is 1. The lowest BCUT2D eigenvalue weighted by Crippen LogP contribution is -2.45. The van der Waals surface area contributed by atoms with Crippen LogP contribution in [0.4, 0.5) is 5.69 Å². The first-order valence-corrected chi connectivity index (χ1v) is 9.15. The molecule has 1 unspecified atom stereocenters. The second-order valence-electron chi connectivity index (χ2n) is 6.17. The summed E-state index contributed by atoms with van der Waals surface area (Å²) in [4.78, 5) is 20.0. The van der Waals surface area contributed by atoms with Gasteiger partial charge in [0, 0.05) is 49.9 Å². The van der Waals surface area contributed by atoms with Crippen LogP contribution in [0, 0.1) is 0 Å². The van der Waals surface area contributed by atoms with Crippen LogP contribution in [0.2, 0.25) is 0 Å². The zero-order valence-electron chi connectivity index (χ0n) is 14.8. The number of benzene rings is 1. The third kappa shape index (κ3) is 6.08. The van der Waals surface area contributed by atoms with Gasteiger partial charge in [-0.15, -0.1) is 6.58 Å². The summed E-state index contributed by atoms with van der Waals surface area (Å²) in [7, 11) is 3.46. The molecule has 1 fully saturated rings. The Labute approximate surface area is 158 Å². The van der Waals surface area contributed by atoms with Gasteiger partial charge in [0.1, 0.15) is 6.54 Å². The molecule has 1 amide bonds. The van der Waals surface area contributed by atoms with Crippen molar-refractivity contribution in [2.45, 2.75) is 12.5 Å². The highest BCUT2D eigenvalue weighted by molar-refractivity contribution is 9.10. The van der Waals surface area contributed by atoms with Gasteiger partial charge in [0.2, 0.25) is 5.91 Å². The molecule has 1 aliphatic heterocycles. The van der Waals surface area contributed by atoms with E-state index in [1.54, 1.807) is 25.1 Å². The normalized spacial score (nSPS) is 17.3. The summed E-state index contributed by atoms with van der Waals surface area (Å²) in [5.41, 5.74) is 1.22. The fraction of sp³-hybridized carbons (Fsp3) is 0.444. The highest BCUT2D eigenvalue weighted by Gasteiger charge is 2.23. The number of amides is 1. The molecular weight excluding hydrogens is 382 g/mol. The summed E-state index contributed by atoms with van der Waals surface area (Å²) < 4.78 is 1.08. The van der Waals surface area contributed by atoms with E-state index in [4.69, 9.17) is 0 Å². The van der Waals surface area contributed by atoms with Crippen molar-refractivity contribution in [1.82, 2.24) is 15.5 Å². The summed E-state index contributed by atoms with van der Waals surface area (Å²) in [5.74, 6) is 0.625. The van der Waals surface area contributed by atoms with Crippen molar-refractivity contribution in [2.24, 2.45) is 4.99 Å². The molecule has 0 saturated carbocycles. The lowest BCUT2D eigenvalue weighted by molar-refractivity contribution is -0.127. The number of nitrogens with zero attached hydrogens (tertiary/aromatic N) is 3. The van der Waals surface area contributed by atoms with Crippen LogP contribution in [0.3, 0.4) is 0 Å². The number of anilines is 1. The van der Waals surface area contributed by atoms with Crippen LogP contribution in [-0.4, -0.2) is 63.1 Å². The highest BCUT2D eigenvalue weighted by Crippen LogP contribution is 2.22. The summed E-state index contributed by atoms with van der Waals surface area (Å²) in [6.07, 6.45) is 2.79. The van der Waals surface area contributed by atoms with Gasteiger partial charge in [-0.1, -0.05) is 22.0 Å². The van der Waals surface area contributed by atoms with Crippen molar-refractivity contribution in [3.05, 3.63) is 41.4 Å². The van der Waals surface area contributed by atoms with Gasteiger partial charge in [0.05, 0.1) is 0 Å². The second-order valence-corrected chi connectivity index (χ2v) is 7.09. The van der Waals surface area contributed by atoms with E-state index in [0.29, 0.717) is 12.5 Å². The van der Waals surface area contributed by atoms with Gasteiger partial charge in [-0.05, 0) is 30.7 Å². The largest absolute Gasteiger partial charge is 0.369 e. The van der Waals surface area contributed by atoms with Gasteiger partial charge in [-0.25, -0.2) is 4.99 Å². The molecular formula is C18H26BrN5O. The number of hydrogen-bond donors (Lipinski definition) is 2. The number of halogens is 1. The van der Waals surface area contributed by atoms with E-state index in [-0.39, 0.29) is 18.5 Å². The maximum Gasteiger partial charge on any atom is 0.243 e. The number of carbonyl (C=O) groups is 1. The molecule has 0 spiro atoms. The Bertz CT molecular complexity index is 614. The summed E-state index contributed by atoms with van der Waals surface area (Å²) >= 11 is 3.47. The molecule has 0 radical (unpaired) electrons. The predicted octanol–water partition coefficient (Wildman–Crippen LogP) is 1.84. The van der Waals surface area contributed by atoms with Crippen molar-refractivity contribution >= 4 is 33.5 Å². The van der Waals surface area contributed by atoms with Crippen LogP contribution < -0.4 is 15.5 Å². The number of hydrogen-bond acceptors (Lipinski definition) is 3. The Morgan fingerprint density at radius 1 is 1.44 bits per heavy atom. The second kappa shape index (κ2) is 9.46. The number of carbonyl (C=O) groups excluding carboxylic acids is 1. The fourth-order valence-corrected chi connectivity index (χ4v) is 2.83. The van der Waals surface area contributed by atoms with Crippen LogP contribution in [0.1, 0.15) is 6.42 Å². The number of aliphatic imine (C=N–C) groups is 1. The van der Waals surface area contributed by atoms with E-state index >= 15 is 0 Å². The standard InChI is InChI=1S/C18H26BrN5O/c1-4-10-20-18(21-12-17(25)23(2)3)22-15-9-11-24(13-15)16-7-5-14(19)6-8-16/h4-8,15H,1,9-13H2,2-3H3,(H2,20,21,22). The van der Waals surface area contributed by atoms with Gasteiger partial charge in [-0.2, -0.15) is 0 Å². The first-order valence-electron chi connectivity index (χ1n) is 8.36. The minimum Gasteiger partial charge on any atom is -0.369 e. The van der Waals surface area contributed by atoms with E-state index in [9.17, 15) is 4.79 Å². The molecule has 7 heteroatoms. The Kier molecular flexibility index (Phi) is 7.31. The van der Waals surface area contributed by atoms with E-state index in [2.05, 4.69) is 67.3 Å². The van der Waals surface area contributed by atoms with E-state index < -0.39 is 0 Å². The van der Waals surface area contributed by atoms with Crippen LogP contribution in [0.5, 0.6) is 0 Å². The zero-order chi connectivity index (χ0) is 18.2. The molecule has 0 bridgehead atoms. The van der Waals surface area contributed by atoms with Crippen molar-refractivity contribution in [1.29, 1.82) is 0 Å². The Balaban J connectivity index is 1.94. The van der Waals surface area contributed by atoms with Gasteiger partial charge >= 0.3 is 0 Å². The van der Waals surface area contributed by atoms with Gasteiger partial charge in [-0.3, -0.25) is 4.79 Å². The van der Waals surface area contributed by atoms with Crippen molar-refractivity contribution in [3.8, 4) is 0 Å². The molecule has 136 valence electrons. The molecule has 6 nitrogen and oxygen atoms in total. The van der Waals surface area contributed by atoms with E-state index in [1.807, 2.05) is 0 Å². The first-order chi connectivity index (χ1) is 12.0. The minimum absolute atomic E-state index is 0.0254. The molecule has 1 aromatic carbocycles. The lowest BCUT2D eigenvalue weighted by atomic mass is 10.3. The summed E-state index contributed by atoms with van der Waals surface area (Å²) in [5, 5.41) is 6.60. The van der Waals surface area contributed by atoms with Crippen molar-refractivity contribution in [2.75, 3.05) is 45.2 Å². The average Bonchev–Trinajstić information content (AvgIpc) is 3.06. The maximum absolute atomic E-state index is 11.8. The molecule has 1 saturated heterocycles. The molecule has 1 aliphatic rings. The number of likely N-dealkylation sites (N-methyl/N-ethyl adjacent to an activating group) is 1.